The molecule has 0 saturated carbocycles. The molecule has 0 bridgehead atoms. The molecule has 1 heterocycles. The fraction of sp³-hybridized carbons (Fsp3) is 0.350. The Labute approximate surface area is 160 Å². The van der Waals surface area contributed by atoms with Crippen LogP contribution < -0.4 is 10.0 Å². The average Bonchev–Trinajstić information content (AvgIpc) is 3.14. The largest absolute Gasteiger partial charge is 0.368 e. The van der Waals surface area contributed by atoms with Crippen molar-refractivity contribution in [3.05, 3.63) is 54.1 Å². The van der Waals surface area contributed by atoms with Crippen LogP contribution in [0.15, 0.2) is 53.4 Å². The van der Waals surface area contributed by atoms with Crippen LogP contribution in [0.25, 0.3) is 0 Å². The van der Waals surface area contributed by atoms with E-state index in [-0.39, 0.29) is 16.7 Å². The number of ether oxygens (including phenoxy) is 1. The number of nitrogens with one attached hydrogen (secondary N) is 2. The van der Waals surface area contributed by atoms with Gasteiger partial charge in [0.05, 0.1) is 10.6 Å². The third-order valence-corrected chi connectivity index (χ3v) is 6.18. The van der Waals surface area contributed by atoms with Crippen LogP contribution in [0.5, 0.6) is 0 Å². The number of benzene rings is 2. The van der Waals surface area contributed by atoms with Crippen molar-refractivity contribution in [2.24, 2.45) is 5.92 Å². The molecule has 0 aromatic heterocycles. The maximum Gasteiger partial charge on any atom is 0.261 e. The second-order valence-electron chi connectivity index (χ2n) is 6.69. The number of sulfonamides is 1. The van der Waals surface area contributed by atoms with Crippen molar-refractivity contribution in [3.8, 4) is 0 Å². The third kappa shape index (κ3) is 4.48. The zero-order valence-electron chi connectivity index (χ0n) is 15.4. The lowest BCUT2D eigenvalue weighted by Gasteiger charge is -2.17. The number of hydrogen-bond acceptors (Lipinski definition) is 4. The summed E-state index contributed by atoms with van der Waals surface area (Å²) in [6.45, 7) is 4.44. The number of amides is 1. The van der Waals surface area contributed by atoms with E-state index < -0.39 is 16.1 Å². The van der Waals surface area contributed by atoms with E-state index in [1.807, 2.05) is 13.8 Å². The molecule has 2 aromatic rings. The molecule has 1 fully saturated rings. The average molecular weight is 388 g/mol. The van der Waals surface area contributed by atoms with Crippen molar-refractivity contribution in [2.75, 3.05) is 16.6 Å². The van der Waals surface area contributed by atoms with E-state index in [4.69, 9.17) is 4.74 Å². The van der Waals surface area contributed by atoms with Crippen LogP contribution in [0.4, 0.5) is 11.4 Å². The predicted molar refractivity (Wildman–Crippen MR) is 105 cm³/mol. The Bertz CT molecular complexity index is 913. The first-order valence-corrected chi connectivity index (χ1v) is 10.5. The summed E-state index contributed by atoms with van der Waals surface area (Å²) >= 11 is 0. The van der Waals surface area contributed by atoms with Gasteiger partial charge in [-0.15, -0.1) is 0 Å². The first kappa shape index (κ1) is 19.4. The van der Waals surface area contributed by atoms with Gasteiger partial charge in [0.1, 0.15) is 6.10 Å². The minimum atomic E-state index is -3.70. The van der Waals surface area contributed by atoms with Gasteiger partial charge in [0, 0.05) is 12.3 Å². The molecular weight excluding hydrogens is 364 g/mol. The Morgan fingerprint density at radius 3 is 2.63 bits per heavy atom. The van der Waals surface area contributed by atoms with Crippen LogP contribution in [0.1, 0.15) is 25.3 Å². The highest BCUT2D eigenvalue weighted by molar-refractivity contribution is 7.92. The van der Waals surface area contributed by atoms with Crippen molar-refractivity contribution in [1.29, 1.82) is 0 Å². The van der Waals surface area contributed by atoms with Crippen LogP contribution >= 0.6 is 0 Å². The van der Waals surface area contributed by atoms with Gasteiger partial charge < -0.3 is 10.1 Å². The Morgan fingerprint density at radius 2 is 1.93 bits per heavy atom. The van der Waals surface area contributed by atoms with E-state index in [2.05, 4.69) is 10.0 Å². The fourth-order valence-electron chi connectivity index (χ4n) is 3.17. The molecule has 1 saturated heterocycles. The van der Waals surface area contributed by atoms with Crippen LogP contribution in [0.2, 0.25) is 0 Å². The molecule has 0 spiro atoms. The number of anilines is 2. The summed E-state index contributed by atoms with van der Waals surface area (Å²) < 4.78 is 33.3. The van der Waals surface area contributed by atoms with Crippen molar-refractivity contribution < 1.29 is 17.9 Å². The molecule has 7 heteroatoms. The van der Waals surface area contributed by atoms with Crippen molar-refractivity contribution in [2.45, 2.75) is 37.7 Å². The first-order chi connectivity index (χ1) is 12.9. The molecule has 27 heavy (non-hydrogen) atoms. The number of rotatable bonds is 6. The van der Waals surface area contributed by atoms with E-state index >= 15 is 0 Å². The third-order valence-electron chi connectivity index (χ3n) is 4.80. The quantitative estimate of drug-likeness (QED) is 0.793. The molecule has 2 atom stereocenters. The second kappa shape index (κ2) is 8.10. The number of aryl methyl sites for hydroxylation is 1. The van der Waals surface area contributed by atoms with Crippen LogP contribution in [0.3, 0.4) is 0 Å². The smallest absolute Gasteiger partial charge is 0.261 e. The normalized spacial score (nSPS) is 19.6. The number of carbonyl (C=O) groups is 1. The van der Waals surface area contributed by atoms with Gasteiger partial charge in [0.25, 0.3) is 15.9 Å². The lowest BCUT2D eigenvalue weighted by molar-refractivity contribution is -0.126. The summed E-state index contributed by atoms with van der Waals surface area (Å²) in [5.74, 6) is 0.0200. The maximum absolute atomic E-state index is 12.6. The predicted octanol–water partition coefficient (Wildman–Crippen LogP) is 3.55. The number of hydrogen-bond donors (Lipinski definition) is 2. The monoisotopic (exact) mass is 388 g/mol. The van der Waals surface area contributed by atoms with Gasteiger partial charge in [-0.25, -0.2) is 8.42 Å². The molecule has 1 amide bonds. The molecule has 144 valence electrons. The van der Waals surface area contributed by atoms with E-state index in [9.17, 15) is 13.2 Å². The molecule has 2 N–H and O–H groups in total. The van der Waals surface area contributed by atoms with Crippen molar-refractivity contribution >= 4 is 27.3 Å². The van der Waals surface area contributed by atoms with E-state index in [0.29, 0.717) is 18.0 Å². The molecule has 6 nitrogen and oxygen atoms in total. The molecule has 0 aliphatic carbocycles. The topological polar surface area (TPSA) is 84.5 Å². The van der Waals surface area contributed by atoms with Crippen LogP contribution in [0, 0.1) is 12.8 Å². The minimum Gasteiger partial charge on any atom is -0.368 e. The van der Waals surface area contributed by atoms with Gasteiger partial charge in [0.2, 0.25) is 0 Å². The summed E-state index contributed by atoms with van der Waals surface area (Å²) in [5.41, 5.74) is 1.72. The molecule has 0 unspecified atom stereocenters. The van der Waals surface area contributed by atoms with Gasteiger partial charge in [-0.2, -0.15) is 0 Å². The fourth-order valence-corrected chi connectivity index (χ4v) is 4.31. The van der Waals surface area contributed by atoms with E-state index in [1.54, 1.807) is 36.4 Å². The Hall–Kier alpha value is -2.38. The van der Waals surface area contributed by atoms with Gasteiger partial charge in [0.15, 0.2) is 0 Å². The summed E-state index contributed by atoms with van der Waals surface area (Å²) in [5, 5.41) is 2.84. The summed E-state index contributed by atoms with van der Waals surface area (Å²) in [6, 6.07) is 13.3. The highest BCUT2D eigenvalue weighted by Crippen LogP contribution is 2.27. The Kier molecular flexibility index (Phi) is 5.82. The molecular formula is C20H24N2O4S. The lowest BCUT2D eigenvalue weighted by atomic mass is 9.98. The minimum absolute atomic E-state index is 0.184. The number of carbonyl (C=O) groups excluding carboxylic acids is 1. The zero-order valence-corrected chi connectivity index (χ0v) is 16.3. The van der Waals surface area contributed by atoms with Gasteiger partial charge in [-0.05, 0) is 49.1 Å². The maximum atomic E-state index is 12.6. The lowest BCUT2D eigenvalue weighted by Crippen LogP contribution is -2.32. The summed E-state index contributed by atoms with van der Waals surface area (Å²) in [6.07, 6.45) is 1.30. The molecule has 1 aliphatic heterocycles. The molecule has 0 radical (unpaired) electrons. The molecule has 3 rings (SSSR count). The first-order valence-electron chi connectivity index (χ1n) is 9.01. The molecule has 1 aliphatic rings. The van der Waals surface area contributed by atoms with Gasteiger partial charge in [-0.1, -0.05) is 37.6 Å². The van der Waals surface area contributed by atoms with E-state index in [0.717, 1.165) is 18.4 Å². The van der Waals surface area contributed by atoms with Crippen molar-refractivity contribution in [1.82, 2.24) is 0 Å². The van der Waals surface area contributed by atoms with E-state index in [1.165, 1.54) is 12.1 Å². The summed E-state index contributed by atoms with van der Waals surface area (Å²) in [7, 11) is -3.70. The second-order valence-corrected chi connectivity index (χ2v) is 8.37. The SMILES string of the molecule is CC[C@@H]1CCO[C@@H]1C(=O)Nc1ccc(C)c(NS(=O)(=O)c2ccccc2)c1. The summed E-state index contributed by atoms with van der Waals surface area (Å²) in [4.78, 5) is 12.7. The standard InChI is InChI=1S/C20H24N2O4S/c1-3-15-11-12-26-19(15)20(23)21-16-10-9-14(2)18(13-16)22-27(24,25)17-7-5-4-6-8-17/h4-10,13,15,19,22H,3,11-12H2,1-2H3,(H,21,23)/t15-,19+/m1/s1. The molecule has 2 aromatic carbocycles. The van der Waals surface area contributed by atoms with Gasteiger partial charge in [-0.3, -0.25) is 9.52 Å². The highest BCUT2D eigenvalue weighted by atomic mass is 32.2. The van der Waals surface area contributed by atoms with Crippen LogP contribution in [-0.2, 0) is 19.6 Å². The van der Waals surface area contributed by atoms with Gasteiger partial charge >= 0.3 is 0 Å². The zero-order chi connectivity index (χ0) is 19.4. The van der Waals surface area contributed by atoms with Crippen LogP contribution in [-0.4, -0.2) is 27.0 Å². The van der Waals surface area contributed by atoms with Crippen molar-refractivity contribution in [3.63, 3.8) is 0 Å². The highest BCUT2D eigenvalue weighted by Gasteiger charge is 2.32. The Morgan fingerprint density at radius 1 is 1.19 bits per heavy atom. The Balaban J connectivity index is 1.77.